The smallest absolute Gasteiger partial charge is 0.228 e. The van der Waals surface area contributed by atoms with Crippen molar-refractivity contribution in [3.63, 3.8) is 0 Å². The minimum Gasteiger partial charge on any atom is -0.369 e. The van der Waals surface area contributed by atoms with E-state index in [1.165, 1.54) is 6.92 Å². The number of hydrogen-bond donors (Lipinski definition) is 1. The zero-order valence-corrected chi connectivity index (χ0v) is 6.55. The fourth-order valence-corrected chi connectivity index (χ4v) is 0.998. The monoisotopic (exact) mass is 143 g/mol. The lowest BCUT2D eigenvalue weighted by Gasteiger charge is -2.12. The van der Waals surface area contributed by atoms with Crippen molar-refractivity contribution in [1.29, 1.82) is 0 Å². The van der Waals surface area contributed by atoms with E-state index in [9.17, 15) is 9.59 Å². The van der Waals surface area contributed by atoms with Crippen LogP contribution in [-0.4, -0.2) is 11.7 Å². The molecular weight excluding hydrogens is 130 g/mol. The van der Waals surface area contributed by atoms with Crippen molar-refractivity contribution in [2.75, 3.05) is 0 Å². The largest absolute Gasteiger partial charge is 0.369 e. The molecule has 0 aromatic rings. The standard InChI is InChI=1S/C7H13NO2/c1-4(2)6(5(3)9)7(8)10/h4,6H,1-3H3,(H2,8,10). The number of primary amides is 1. The lowest BCUT2D eigenvalue weighted by atomic mass is 9.92. The zero-order valence-electron chi connectivity index (χ0n) is 6.55. The SMILES string of the molecule is CC(=O)C(C(N)=O)C(C)C. The minimum absolute atomic E-state index is 0.00926. The lowest BCUT2D eigenvalue weighted by Crippen LogP contribution is -2.32. The molecule has 0 radical (unpaired) electrons. The maximum Gasteiger partial charge on any atom is 0.228 e. The fourth-order valence-electron chi connectivity index (χ4n) is 0.998. The third kappa shape index (κ3) is 2.17. The van der Waals surface area contributed by atoms with E-state index in [1.807, 2.05) is 0 Å². The van der Waals surface area contributed by atoms with Gasteiger partial charge in [0.15, 0.2) is 0 Å². The highest BCUT2D eigenvalue weighted by atomic mass is 16.2. The molecule has 3 nitrogen and oxygen atoms in total. The first kappa shape index (κ1) is 9.14. The van der Waals surface area contributed by atoms with Gasteiger partial charge in [0.25, 0.3) is 0 Å². The summed E-state index contributed by atoms with van der Waals surface area (Å²) in [6.07, 6.45) is 0. The van der Waals surface area contributed by atoms with E-state index in [4.69, 9.17) is 5.73 Å². The quantitative estimate of drug-likeness (QED) is 0.579. The summed E-state index contributed by atoms with van der Waals surface area (Å²) in [7, 11) is 0. The van der Waals surface area contributed by atoms with Crippen LogP contribution in [0, 0.1) is 11.8 Å². The van der Waals surface area contributed by atoms with Crippen LogP contribution in [0.1, 0.15) is 20.8 Å². The van der Waals surface area contributed by atoms with Crippen LogP contribution < -0.4 is 5.73 Å². The lowest BCUT2D eigenvalue weighted by molar-refractivity contribution is -0.132. The maximum absolute atomic E-state index is 10.7. The summed E-state index contributed by atoms with van der Waals surface area (Å²) >= 11 is 0. The summed E-state index contributed by atoms with van der Waals surface area (Å²) in [5.41, 5.74) is 4.98. The molecule has 0 aliphatic carbocycles. The van der Waals surface area contributed by atoms with Crippen LogP contribution in [0.4, 0.5) is 0 Å². The number of ketones is 1. The van der Waals surface area contributed by atoms with Crippen molar-refractivity contribution in [2.24, 2.45) is 17.6 Å². The van der Waals surface area contributed by atoms with Gasteiger partial charge in [-0.2, -0.15) is 0 Å². The average molecular weight is 143 g/mol. The van der Waals surface area contributed by atoms with Gasteiger partial charge in [-0.25, -0.2) is 0 Å². The number of nitrogens with two attached hydrogens (primary N) is 1. The number of rotatable bonds is 3. The van der Waals surface area contributed by atoms with E-state index in [-0.39, 0.29) is 11.7 Å². The Morgan fingerprint density at radius 3 is 1.70 bits per heavy atom. The first-order valence-electron chi connectivity index (χ1n) is 3.26. The van der Waals surface area contributed by atoms with Crippen molar-refractivity contribution in [3.8, 4) is 0 Å². The highest BCUT2D eigenvalue weighted by Crippen LogP contribution is 2.10. The third-order valence-electron chi connectivity index (χ3n) is 1.41. The molecule has 0 heterocycles. The normalized spacial score (nSPS) is 13.2. The molecule has 0 fully saturated rings. The highest BCUT2D eigenvalue weighted by molar-refractivity contribution is 5.99. The van der Waals surface area contributed by atoms with Gasteiger partial charge in [0.1, 0.15) is 5.78 Å². The van der Waals surface area contributed by atoms with Gasteiger partial charge in [0, 0.05) is 0 Å². The van der Waals surface area contributed by atoms with Gasteiger partial charge in [-0.05, 0) is 12.8 Å². The number of hydrogen-bond acceptors (Lipinski definition) is 2. The Morgan fingerprint density at radius 1 is 1.30 bits per heavy atom. The van der Waals surface area contributed by atoms with Crippen LogP contribution in [0.2, 0.25) is 0 Å². The van der Waals surface area contributed by atoms with Crippen molar-refractivity contribution in [1.82, 2.24) is 0 Å². The van der Waals surface area contributed by atoms with E-state index >= 15 is 0 Å². The number of amides is 1. The average Bonchev–Trinajstić information content (AvgIpc) is 1.59. The number of Topliss-reactive ketones (excluding diaryl/α,β-unsaturated/α-hetero) is 1. The van der Waals surface area contributed by atoms with Crippen molar-refractivity contribution in [3.05, 3.63) is 0 Å². The summed E-state index contributed by atoms with van der Waals surface area (Å²) in [6, 6.07) is 0. The predicted molar refractivity (Wildman–Crippen MR) is 38.2 cm³/mol. The van der Waals surface area contributed by atoms with Gasteiger partial charge >= 0.3 is 0 Å². The Hall–Kier alpha value is -0.860. The highest BCUT2D eigenvalue weighted by Gasteiger charge is 2.23. The van der Waals surface area contributed by atoms with E-state index in [2.05, 4.69) is 0 Å². The molecule has 0 saturated carbocycles. The molecule has 2 N–H and O–H groups in total. The summed E-state index contributed by atoms with van der Waals surface area (Å²) in [5, 5.41) is 0. The van der Waals surface area contributed by atoms with E-state index in [1.54, 1.807) is 13.8 Å². The summed E-state index contributed by atoms with van der Waals surface area (Å²) < 4.78 is 0. The van der Waals surface area contributed by atoms with Gasteiger partial charge in [-0.15, -0.1) is 0 Å². The van der Waals surface area contributed by atoms with Crippen LogP contribution in [-0.2, 0) is 9.59 Å². The molecule has 0 rings (SSSR count). The summed E-state index contributed by atoms with van der Waals surface area (Å²) in [4.78, 5) is 21.3. The maximum atomic E-state index is 10.7. The zero-order chi connectivity index (χ0) is 8.31. The molecule has 10 heavy (non-hydrogen) atoms. The van der Waals surface area contributed by atoms with Crippen LogP contribution >= 0.6 is 0 Å². The van der Waals surface area contributed by atoms with Crippen LogP contribution in [0.15, 0.2) is 0 Å². The van der Waals surface area contributed by atoms with E-state index < -0.39 is 11.8 Å². The molecule has 58 valence electrons. The third-order valence-corrected chi connectivity index (χ3v) is 1.41. The van der Waals surface area contributed by atoms with Gasteiger partial charge < -0.3 is 5.73 Å². The fraction of sp³-hybridized carbons (Fsp3) is 0.714. The van der Waals surface area contributed by atoms with E-state index in [0.29, 0.717) is 0 Å². The summed E-state index contributed by atoms with van der Waals surface area (Å²) in [5.74, 6) is -1.28. The van der Waals surface area contributed by atoms with Gasteiger partial charge in [0.05, 0.1) is 5.92 Å². The Bertz CT molecular complexity index is 138. The molecule has 0 aromatic carbocycles. The van der Waals surface area contributed by atoms with Crippen molar-refractivity contribution >= 4 is 11.7 Å². The predicted octanol–water partition coefficient (Wildman–Crippen LogP) is 0.333. The molecule has 0 spiro atoms. The van der Waals surface area contributed by atoms with Gasteiger partial charge in [0.2, 0.25) is 5.91 Å². The van der Waals surface area contributed by atoms with Gasteiger partial charge in [-0.1, -0.05) is 13.8 Å². The second-order valence-electron chi connectivity index (χ2n) is 2.73. The molecule has 0 aliphatic heterocycles. The molecule has 3 heteroatoms. The number of carbonyl (C=O) groups is 2. The second-order valence-corrected chi connectivity index (χ2v) is 2.73. The molecule has 0 bridgehead atoms. The molecule has 1 unspecified atom stereocenters. The van der Waals surface area contributed by atoms with E-state index in [0.717, 1.165) is 0 Å². The number of carbonyl (C=O) groups excluding carboxylic acids is 2. The Balaban J connectivity index is 4.27. The van der Waals surface area contributed by atoms with Crippen LogP contribution in [0.3, 0.4) is 0 Å². The first-order chi connectivity index (χ1) is 4.46. The van der Waals surface area contributed by atoms with Gasteiger partial charge in [-0.3, -0.25) is 9.59 Å². The molecule has 1 amide bonds. The topological polar surface area (TPSA) is 60.2 Å². The molecule has 0 aromatic heterocycles. The van der Waals surface area contributed by atoms with Crippen LogP contribution in [0.25, 0.3) is 0 Å². The Morgan fingerprint density at radius 2 is 1.70 bits per heavy atom. The van der Waals surface area contributed by atoms with Crippen molar-refractivity contribution < 1.29 is 9.59 Å². The molecular formula is C7H13NO2. The summed E-state index contributed by atoms with van der Waals surface area (Å²) in [6.45, 7) is 4.99. The second kappa shape index (κ2) is 3.34. The van der Waals surface area contributed by atoms with Crippen molar-refractivity contribution in [2.45, 2.75) is 20.8 Å². The Kier molecular flexibility index (Phi) is 3.06. The first-order valence-corrected chi connectivity index (χ1v) is 3.26. The molecule has 0 aliphatic rings. The molecule has 1 atom stereocenters. The van der Waals surface area contributed by atoms with Crippen LogP contribution in [0.5, 0.6) is 0 Å². The minimum atomic E-state index is -0.611. The Labute approximate surface area is 60.6 Å². The molecule has 0 saturated heterocycles.